The second-order valence-electron chi connectivity index (χ2n) is 3.56. The Hall–Kier alpha value is -1.70. The summed E-state index contributed by atoms with van der Waals surface area (Å²) in [7, 11) is 1.81. The van der Waals surface area contributed by atoms with Crippen LogP contribution in [-0.2, 0) is 7.05 Å². The smallest absolute Gasteiger partial charge is 0.267 e. The molecule has 1 aromatic carbocycles. The number of carbonyl (C=O) groups is 1. The lowest BCUT2D eigenvalue weighted by Crippen LogP contribution is -2.18. The number of amides is 1. The molecule has 0 saturated carbocycles. The summed E-state index contributed by atoms with van der Waals surface area (Å²) in [5.41, 5.74) is 3.92. The molecule has 0 unspecified atom stereocenters. The first-order chi connectivity index (χ1) is 8.68. The fourth-order valence-electron chi connectivity index (χ4n) is 1.37. The molecule has 1 aromatic heterocycles. The van der Waals surface area contributed by atoms with E-state index in [-0.39, 0.29) is 5.91 Å². The molecule has 2 rings (SSSR count). The number of aromatic nitrogens is 2. The zero-order valence-electron chi connectivity index (χ0n) is 9.67. The number of nitrogens with one attached hydrogen (secondary N) is 1. The molecule has 5 nitrogen and oxygen atoms in total. The lowest BCUT2D eigenvalue weighted by atomic mass is 10.2. The Kier molecular flexibility index (Phi) is 4.08. The molecule has 1 amide bonds. The Labute approximate surface area is 118 Å². The van der Waals surface area contributed by atoms with Gasteiger partial charge in [0.05, 0.1) is 17.5 Å². The number of hydrogen-bond acceptors (Lipinski definition) is 3. The standard InChI is InChI=1S/C12H11IN4O/c1-17-9(6-7-15-17)8-14-16-12(18)10-4-2-3-5-11(10)13/h2-8H,1H3,(H,16,18)/b14-8-. The lowest BCUT2D eigenvalue weighted by molar-refractivity contribution is 0.0954. The molecule has 1 heterocycles. The molecule has 92 valence electrons. The SMILES string of the molecule is Cn1nccc1/C=N\NC(=O)c1ccccc1I. The second kappa shape index (κ2) is 5.76. The van der Waals surface area contributed by atoms with Crippen molar-refractivity contribution in [1.82, 2.24) is 15.2 Å². The average molecular weight is 354 g/mol. The quantitative estimate of drug-likeness (QED) is 0.519. The molecule has 0 aliphatic rings. The third-order valence-corrected chi connectivity index (χ3v) is 3.28. The Balaban J connectivity index is 2.03. The van der Waals surface area contributed by atoms with Crippen molar-refractivity contribution in [2.45, 2.75) is 0 Å². The van der Waals surface area contributed by atoms with E-state index in [1.807, 2.05) is 31.3 Å². The van der Waals surface area contributed by atoms with Crippen LogP contribution in [0.5, 0.6) is 0 Å². The summed E-state index contributed by atoms with van der Waals surface area (Å²) < 4.78 is 2.56. The van der Waals surface area contributed by atoms with E-state index in [1.54, 1.807) is 23.2 Å². The van der Waals surface area contributed by atoms with Crippen LogP contribution in [0.1, 0.15) is 16.1 Å². The van der Waals surface area contributed by atoms with Crippen LogP contribution in [0.4, 0.5) is 0 Å². The van der Waals surface area contributed by atoms with Gasteiger partial charge < -0.3 is 0 Å². The molecule has 0 fully saturated rings. The molecule has 0 radical (unpaired) electrons. The normalized spacial score (nSPS) is 10.8. The molecule has 6 heteroatoms. The van der Waals surface area contributed by atoms with E-state index in [0.29, 0.717) is 5.56 Å². The highest BCUT2D eigenvalue weighted by Gasteiger charge is 2.07. The van der Waals surface area contributed by atoms with Crippen LogP contribution in [0.15, 0.2) is 41.6 Å². The minimum atomic E-state index is -0.224. The molecule has 2 aromatic rings. The van der Waals surface area contributed by atoms with Gasteiger partial charge in [0, 0.05) is 16.8 Å². The van der Waals surface area contributed by atoms with Crippen LogP contribution in [0.3, 0.4) is 0 Å². The number of hydrogen-bond donors (Lipinski definition) is 1. The van der Waals surface area contributed by atoms with Gasteiger partial charge in [0.25, 0.3) is 5.91 Å². The van der Waals surface area contributed by atoms with E-state index >= 15 is 0 Å². The Morgan fingerprint density at radius 2 is 2.22 bits per heavy atom. The van der Waals surface area contributed by atoms with Crippen molar-refractivity contribution in [1.29, 1.82) is 0 Å². The maximum absolute atomic E-state index is 11.8. The van der Waals surface area contributed by atoms with Gasteiger partial charge in [-0.1, -0.05) is 12.1 Å². The first kappa shape index (κ1) is 12.7. The molecular weight excluding hydrogens is 343 g/mol. The summed E-state index contributed by atoms with van der Waals surface area (Å²) in [6, 6.07) is 9.15. The molecular formula is C12H11IN4O. The van der Waals surface area contributed by atoms with E-state index in [0.717, 1.165) is 9.26 Å². The van der Waals surface area contributed by atoms with Crippen LogP contribution in [0, 0.1) is 3.57 Å². The summed E-state index contributed by atoms with van der Waals surface area (Å²) in [4.78, 5) is 11.8. The minimum Gasteiger partial charge on any atom is -0.267 e. The van der Waals surface area contributed by atoms with Crippen molar-refractivity contribution in [3.63, 3.8) is 0 Å². The van der Waals surface area contributed by atoms with Gasteiger partial charge in [-0.15, -0.1) is 0 Å². The van der Waals surface area contributed by atoms with Gasteiger partial charge in [-0.25, -0.2) is 5.43 Å². The van der Waals surface area contributed by atoms with Crippen molar-refractivity contribution >= 4 is 34.7 Å². The molecule has 0 spiro atoms. The number of hydrazone groups is 1. The summed E-state index contributed by atoms with van der Waals surface area (Å²) in [6.07, 6.45) is 3.23. The Morgan fingerprint density at radius 1 is 1.44 bits per heavy atom. The van der Waals surface area contributed by atoms with Gasteiger partial charge in [0.1, 0.15) is 0 Å². The molecule has 0 bridgehead atoms. The van der Waals surface area contributed by atoms with Crippen LogP contribution in [0.2, 0.25) is 0 Å². The van der Waals surface area contributed by atoms with Crippen molar-refractivity contribution in [2.75, 3.05) is 0 Å². The van der Waals surface area contributed by atoms with Gasteiger partial charge in [-0.2, -0.15) is 10.2 Å². The highest BCUT2D eigenvalue weighted by atomic mass is 127. The van der Waals surface area contributed by atoms with E-state index in [9.17, 15) is 4.79 Å². The third-order valence-electron chi connectivity index (χ3n) is 2.34. The van der Waals surface area contributed by atoms with Gasteiger partial charge >= 0.3 is 0 Å². The topological polar surface area (TPSA) is 59.3 Å². The molecule has 1 N–H and O–H groups in total. The van der Waals surface area contributed by atoms with E-state index < -0.39 is 0 Å². The molecule has 0 saturated heterocycles. The van der Waals surface area contributed by atoms with Crippen LogP contribution >= 0.6 is 22.6 Å². The number of benzene rings is 1. The molecule has 0 atom stereocenters. The maximum Gasteiger partial charge on any atom is 0.272 e. The van der Waals surface area contributed by atoms with Crippen molar-refractivity contribution in [3.05, 3.63) is 51.4 Å². The number of halogens is 1. The van der Waals surface area contributed by atoms with Gasteiger partial charge in [-0.3, -0.25) is 9.48 Å². The van der Waals surface area contributed by atoms with Crippen LogP contribution in [-0.4, -0.2) is 21.9 Å². The van der Waals surface area contributed by atoms with Crippen molar-refractivity contribution in [2.24, 2.45) is 12.1 Å². The third kappa shape index (κ3) is 2.95. The van der Waals surface area contributed by atoms with E-state index in [1.165, 1.54) is 0 Å². The van der Waals surface area contributed by atoms with Crippen LogP contribution < -0.4 is 5.43 Å². The van der Waals surface area contributed by atoms with E-state index in [4.69, 9.17) is 0 Å². The number of carbonyl (C=O) groups excluding carboxylic acids is 1. The lowest BCUT2D eigenvalue weighted by Gasteiger charge is -2.01. The number of nitrogens with zero attached hydrogens (tertiary/aromatic N) is 3. The first-order valence-corrected chi connectivity index (χ1v) is 6.32. The predicted molar refractivity (Wildman–Crippen MR) is 77.4 cm³/mol. The molecule has 18 heavy (non-hydrogen) atoms. The second-order valence-corrected chi connectivity index (χ2v) is 4.72. The number of rotatable bonds is 3. The Bertz CT molecular complexity index is 591. The highest BCUT2D eigenvalue weighted by molar-refractivity contribution is 14.1. The average Bonchev–Trinajstić information content (AvgIpc) is 2.75. The zero-order chi connectivity index (χ0) is 13.0. The van der Waals surface area contributed by atoms with Gasteiger partial charge in [0.15, 0.2) is 0 Å². The summed E-state index contributed by atoms with van der Waals surface area (Å²) >= 11 is 2.12. The van der Waals surface area contributed by atoms with Gasteiger partial charge in [-0.05, 0) is 40.8 Å². The fraction of sp³-hybridized carbons (Fsp3) is 0.0833. The first-order valence-electron chi connectivity index (χ1n) is 5.24. The zero-order valence-corrected chi connectivity index (χ0v) is 11.8. The van der Waals surface area contributed by atoms with Gasteiger partial charge in [0.2, 0.25) is 0 Å². The monoisotopic (exact) mass is 354 g/mol. The molecule has 0 aliphatic heterocycles. The largest absolute Gasteiger partial charge is 0.272 e. The van der Waals surface area contributed by atoms with E-state index in [2.05, 4.69) is 38.2 Å². The predicted octanol–water partition coefficient (Wildman–Crippen LogP) is 1.79. The minimum absolute atomic E-state index is 0.224. The maximum atomic E-state index is 11.8. The van der Waals surface area contributed by atoms with Crippen LogP contribution in [0.25, 0.3) is 0 Å². The Morgan fingerprint density at radius 3 is 2.89 bits per heavy atom. The fourth-order valence-corrected chi connectivity index (χ4v) is 2.01. The summed E-state index contributed by atoms with van der Waals surface area (Å²) in [5.74, 6) is -0.224. The number of aryl methyl sites for hydroxylation is 1. The van der Waals surface area contributed by atoms with Crippen molar-refractivity contribution < 1.29 is 4.79 Å². The summed E-state index contributed by atoms with van der Waals surface area (Å²) in [5, 5.41) is 7.90. The summed E-state index contributed by atoms with van der Waals surface area (Å²) in [6.45, 7) is 0. The molecule has 0 aliphatic carbocycles. The van der Waals surface area contributed by atoms with Crippen molar-refractivity contribution in [3.8, 4) is 0 Å². The highest BCUT2D eigenvalue weighted by Crippen LogP contribution is 2.10.